The topological polar surface area (TPSA) is 205 Å². The predicted molar refractivity (Wildman–Crippen MR) is 266 cm³/mol. The van der Waals surface area contributed by atoms with Gasteiger partial charge in [0.1, 0.15) is 35.6 Å². The van der Waals surface area contributed by atoms with Gasteiger partial charge in [-0.15, -0.1) is 0 Å². The third-order valence-corrected chi connectivity index (χ3v) is 14.1. The molecule has 69 heavy (non-hydrogen) atoms. The van der Waals surface area contributed by atoms with Crippen LogP contribution in [-0.2, 0) is 58.9 Å². The number of alkyl carbamates (subject to hydrolysis) is 1. The van der Waals surface area contributed by atoms with Crippen LogP contribution in [0.15, 0.2) is 24.3 Å². The van der Waals surface area contributed by atoms with Crippen LogP contribution >= 0.6 is 0 Å². The summed E-state index contributed by atoms with van der Waals surface area (Å²) in [5.74, 6) is -3.17. The van der Waals surface area contributed by atoms with Crippen LogP contribution in [0.1, 0.15) is 114 Å². The molecule has 0 aliphatic carbocycles. The van der Waals surface area contributed by atoms with E-state index in [0.717, 1.165) is 6.04 Å². The van der Waals surface area contributed by atoms with Crippen molar-refractivity contribution in [3.63, 3.8) is 0 Å². The largest absolute Gasteiger partial charge is 0.497 e. The standard InChI is InChI=1S/C51H86N4O13Si/c1-31(2)27-39(52-45(57)44(33(5)6)67-42(56)28-34(7)35(8)32(3)4)46(58)55-24-18-19-40(55)47(59)54(13)41(29-37-20-22-38(63-14)23-21-37)48(60)66-36(9)43(53-50(62)68-51(10,11)12)49(61)65-30-64-25-26-69(15,16)17/h20-23,31-36,39-41,43-44H,18-19,24-30H2,1-17H3,(H,52,57)(H,53,62)/t34-,35+,36+,39-,40-,41-,43-,44-/m0/s1. The van der Waals surface area contributed by atoms with Gasteiger partial charge in [-0.25, -0.2) is 14.4 Å². The number of nitrogens with one attached hydrogen (secondary N) is 2. The van der Waals surface area contributed by atoms with Crippen LogP contribution in [0.4, 0.5) is 4.79 Å². The van der Waals surface area contributed by atoms with Crippen molar-refractivity contribution in [2.75, 3.05) is 34.1 Å². The van der Waals surface area contributed by atoms with E-state index in [1.807, 2.05) is 20.8 Å². The lowest BCUT2D eigenvalue weighted by atomic mass is 9.84. The number of likely N-dealkylation sites (tertiary alicyclic amines) is 1. The Morgan fingerprint density at radius 2 is 1.48 bits per heavy atom. The fraction of sp³-hybridized carbons (Fsp3) is 0.745. The second-order valence-corrected chi connectivity index (χ2v) is 27.5. The molecule has 2 rings (SSSR count). The number of benzene rings is 1. The highest BCUT2D eigenvalue weighted by Crippen LogP contribution is 2.26. The molecular formula is C51H86N4O13Si. The maximum atomic E-state index is 14.7. The molecule has 4 amide bonds. The second-order valence-electron chi connectivity index (χ2n) is 21.9. The SMILES string of the molecule is COc1ccc(C[C@@H](C(=O)O[C@H](C)[C@H](NC(=O)OC(C)(C)C)C(=O)OCOCC[Si](C)(C)C)N(C)C(=O)[C@@H]2CCCN2C(=O)[C@H](CC(C)C)NC(=O)[C@@H](OC(=O)C[C@H](C)[C@H](C)C(C)C)C(C)C)cc1. The first-order chi connectivity index (χ1) is 32.0. The van der Waals surface area contributed by atoms with Crippen molar-refractivity contribution in [3.05, 3.63) is 29.8 Å². The molecule has 1 aliphatic rings. The van der Waals surface area contributed by atoms with Crippen molar-refractivity contribution in [3.8, 4) is 5.75 Å². The van der Waals surface area contributed by atoms with Gasteiger partial charge >= 0.3 is 24.0 Å². The van der Waals surface area contributed by atoms with Crippen LogP contribution < -0.4 is 15.4 Å². The summed E-state index contributed by atoms with van der Waals surface area (Å²) in [7, 11) is 1.54. The Morgan fingerprint density at radius 3 is 2.01 bits per heavy atom. The lowest BCUT2D eigenvalue weighted by Crippen LogP contribution is -2.58. The molecule has 0 aromatic heterocycles. The number of nitrogens with zero attached hydrogens (tertiary/aromatic N) is 2. The summed E-state index contributed by atoms with van der Waals surface area (Å²) in [6.45, 7) is 28.7. The summed E-state index contributed by atoms with van der Waals surface area (Å²) in [6.07, 6.45) is -2.31. The van der Waals surface area contributed by atoms with E-state index in [4.69, 9.17) is 28.4 Å². The van der Waals surface area contributed by atoms with Gasteiger partial charge in [0.05, 0.1) is 7.11 Å². The molecule has 0 unspecified atom stereocenters. The van der Waals surface area contributed by atoms with E-state index in [2.05, 4.69) is 51.0 Å². The molecule has 0 bridgehead atoms. The highest BCUT2D eigenvalue weighted by Gasteiger charge is 2.43. The fourth-order valence-electron chi connectivity index (χ4n) is 7.73. The quantitative estimate of drug-likeness (QED) is 0.0312. The first-order valence-electron chi connectivity index (χ1n) is 24.6. The van der Waals surface area contributed by atoms with Crippen LogP contribution in [0.2, 0.25) is 25.7 Å². The third-order valence-electron chi connectivity index (χ3n) is 12.4. The number of carbonyl (C=O) groups is 7. The number of hydrogen-bond acceptors (Lipinski definition) is 13. The Balaban J connectivity index is 2.44. The number of esters is 3. The van der Waals surface area contributed by atoms with E-state index in [0.29, 0.717) is 30.3 Å². The zero-order valence-corrected chi connectivity index (χ0v) is 45.7. The molecule has 0 radical (unpaired) electrons. The summed E-state index contributed by atoms with van der Waals surface area (Å²) in [6, 6.07) is 2.88. The molecule has 1 saturated heterocycles. The first-order valence-corrected chi connectivity index (χ1v) is 28.3. The molecule has 1 fully saturated rings. The molecule has 0 saturated carbocycles. The van der Waals surface area contributed by atoms with Crippen molar-refractivity contribution in [2.45, 2.75) is 183 Å². The van der Waals surface area contributed by atoms with E-state index < -0.39 is 104 Å². The molecule has 8 atom stereocenters. The van der Waals surface area contributed by atoms with Crippen LogP contribution in [0, 0.1) is 29.6 Å². The summed E-state index contributed by atoms with van der Waals surface area (Å²) in [5, 5.41) is 5.35. The average molecular weight is 991 g/mol. The number of ether oxygens (including phenoxy) is 6. The Labute approximate surface area is 413 Å². The number of carbonyl (C=O) groups excluding carboxylic acids is 7. The van der Waals surface area contributed by atoms with Gasteiger partial charge in [0, 0.05) is 41.1 Å². The van der Waals surface area contributed by atoms with Gasteiger partial charge in [-0.1, -0.05) is 87.2 Å². The minimum absolute atomic E-state index is 0.0315. The summed E-state index contributed by atoms with van der Waals surface area (Å²) < 4.78 is 33.4. The zero-order valence-electron chi connectivity index (χ0n) is 44.7. The molecule has 1 aromatic rings. The van der Waals surface area contributed by atoms with Crippen molar-refractivity contribution in [1.82, 2.24) is 20.4 Å². The van der Waals surface area contributed by atoms with Gasteiger partial charge in [-0.3, -0.25) is 19.2 Å². The van der Waals surface area contributed by atoms with E-state index in [9.17, 15) is 33.6 Å². The minimum Gasteiger partial charge on any atom is -0.497 e. The van der Waals surface area contributed by atoms with Gasteiger partial charge in [0.25, 0.3) is 5.91 Å². The van der Waals surface area contributed by atoms with E-state index in [1.165, 1.54) is 30.9 Å². The van der Waals surface area contributed by atoms with Gasteiger partial charge in [0.2, 0.25) is 11.8 Å². The minimum atomic E-state index is -1.53. The van der Waals surface area contributed by atoms with Crippen molar-refractivity contribution < 1.29 is 62.0 Å². The fourth-order valence-corrected chi connectivity index (χ4v) is 8.49. The number of hydrogen-bond donors (Lipinski definition) is 2. The molecule has 1 heterocycles. The van der Waals surface area contributed by atoms with Gasteiger partial charge in [0.15, 0.2) is 18.9 Å². The predicted octanol–water partition coefficient (Wildman–Crippen LogP) is 7.15. The van der Waals surface area contributed by atoms with E-state index in [-0.39, 0.29) is 50.0 Å². The Kier molecular flexibility index (Phi) is 24.2. The highest BCUT2D eigenvalue weighted by molar-refractivity contribution is 6.76. The molecule has 1 aromatic carbocycles. The maximum absolute atomic E-state index is 14.7. The molecule has 0 spiro atoms. The van der Waals surface area contributed by atoms with Crippen molar-refractivity contribution >= 4 is 49.8 Å². The van der Waals surface area contributed by atoms with E-state index >= 15 is 0 Å². The highest BCUT2D eigenvalue weighted by atomic mass is 28.3. The normalized spacial score (nSPS) is 17.2. The molecule has 2 N–H and O–H groups in total. The molecule has 392 valence electrons. The third kappa shape index (κ3) is 20.7. The molecular weight excluding hydrogens is 905 g/mol. The van der Waals surface area contributed by atoms with Crippen LogP contribution in [0.5, 0.6) is 5.75 Å². The van der Waals surface area contributed by atoms with Gasteiger partial charge in [-0.05, 0) is 100 Å². The number of rotatable bonds is 26. The molecule has 17 nitrogen and oxygen atoms in total. The summed E-state index contributed by atoms with van der Waals surface area (Å²) >= 11 is 0. The van der Waals surface area contributed by atoms with Crippen molar-refractivity contribution in [1.29, 1.82) is 0 Å². The molecule has 18 heteroatoms. The van der Waals surface area contributed by atoms with Crippen LogP contribution in [-0.4, -0.2) is 136 Å². The number of amides is 4. The monoisotopic (exact) mass is 991 g/mol. The van der Waals surface area contributed by atoms with Crippen LogP contribution in [0.3, 0.4) is 0 Å². The lowest BCUT2D eigenvalue weighted by Gasteiger charge is -2.35. The number of likely N-dealkylation sites (N-methyl/N-ethyl adjacent to an activating group) is 1. The van der Waals surface area contributed by atoms with Gasteiger partial charge < -0.3 is 48.9 Å². The lowest BCUT2D eigenvalue weighted by molar-refractivity contribution is -0.169. The smallest absolute Gasteiger partial charge is 0.408 e. The molecule has 1 aliphatic heterocycles. The Morgan fingerprint density at radius 1 is 0.855 bits per heavy atom. The first kappa shape index (κ1) is 60.4. The van der Waals surface area contributed by atoms with Crippen molar-refractivity contribution in [2.24, 2.45) is 29.6 Å². The Hall–Kier alpha value is -4.71. The van der Waals surface area contributed by atoms with E-state index in [1.54, 1.807) is 58.9 Å². The number of methoxy groups -OCH3 is 1. The van der Waals surface area contributed by atoms with Crippen LogP contribution in [0.25, 0.3) is 0 Å². The summed E-state index contributed by atoms with van der Waals surface area (Å²) in [5.41, 5.74) is -0.275. The Bertz CT molecular complexity index is 1850. The zero-order chi connectivity index (χ0) is 52.6. The second kappa shape index (κ2) is 27.6. The maximum Gasteiger partial charge on any atom is 0.408 e. The van der Waals surface area contributed by atoms with Gasteiger partial charge in [-0.2, -0.15) is 0 Å². The summed E-state index contributed by atoms with van der Waals surface area (Å²) in [4.78, 5) is 100.0. The average Bonchev–Trinajstić information content (AvgIpc) is 3.74.